The summed E-state index contributed by atoms with van der Waals surface area (Å²) in [6.45, 7) is 1.80. The molecule has 7 N–H and O–H groups in total. The van der Waals surface area contributed by atoms with Crippen molar-refractivity contribution >= 4 is 28.6 Å². The fraction of sp³-hybridized carbons (Fsp3) is 0.241. The molecule has 0 spiro atoms. The van der Waals surface area contributed by atoms with Crippen molar-refractivity contribution in [3.63, 3.8) is 0 Å². The summed E-state index contributed by atoms with van der Waals surface area (Å²) >= 11 is 0. The number of anilines is 2. The van der Waals surface area contributed by atoms with Crippen LogP contribution in [-0.2, 0) is 12.8 Å². The third-order valence-corrected chi connectivity index (χ3v) is 6.31. The molecule has 0 radical (unpaired) electrons. The van der Waals surface area contributed by atoms with Gasteiger partial charge in [0.1, 0.15) is 11.4 Å². The quantitative estimate of drug-likeness (QED) is 0.208. The van der Waals surface area contributed by atoms with Crippen LogP contribution in [-0.4, -0.2) is 53.3 Å². The Morgan fingerprint density at radius 3 is 2.55 bits per heavy atom. The molecule has 2 heterocycles. The average molecular weight is 543 g/mol. The van der Waals surface area contributed by atoms with Crippen molar-refractivity contribution in [2.24, 2.45) is 0 Å². The van der Waals surface area contributed by atoms with E-state index in [9.17, 15) is 9.59 Å². The number of carbonyl (C=O) groups is 1. The number of aromatic amines is 1. The van der Waals surface area contributed by atoms with Crippen LogP contribution in [0.2, 0.25) is 0 Å². The second-order valence-electron chi connectivity index (χ2n) is 8.86. The van der Waals surface area contributed by atoms with Crippen molar-refractivity contribution in [2.45, 2.75) is 19.8 Å². The van der Waals surface area contributed by atoms with Gasteiger partial charge in [-0.25, -0.2) is 4.98 Å². The summed E-state index contributed by atoms with van der Waals surface area (Å²) in [4.78, 5) is 36.5. The van der Waals surface area contributed by atoms with E-state index < -0.39 is 11.3 Å². The maximum absolute atomic E-state index is 13.0. The highest BCUT2D eigenvalue weighted by molar-refractivity contribution is 5.97. The van der Waals surface area contributed by atoms with Gasteiger partial charge in [-0.05, 0) is 41.8 Å². The van der Waals surface area contributed by atoms with E-state index in [4.69, 9.17) is 26.0 Å². The van der Waals surface area contributed by atoms with Crippen LogP contribution in [0.4, 0.5) is 11.8 Å². The van der Waals surface area contributed by atoms with Crippen LogP contribution in [0.3, 0.4) is 0 Å². The van der Waals surface area contributed by atoms with Crippen LogP contribution in [0.1, 0.15) is 45.1 Å². The number of H-pyrrole nitrogens is 1. The smallest absolute Gasteiger partial charge is 0.256 e. The number of benzene rings is 2. The van der Waals surface area contributed by atoms with Crippen molar-refractivity contribution in [1.29, 1.82) is 0 Å². The fourth-order valence-electron chi connectivity index (χ4n) is 4.30. The van der Waals surface area contributed by atoms with E-state index in [2.05, 4.69) is 32.1 Å². The minimum absolute atomic E-state index is 0.0253. The van der Waals surface area contributed by atoms with Crippen LogP contribution >= 0.6 is 0 Å². The van der Waals surface area contributed by atoms with Gasteiger partial charge in [0.2, 0.25) is 11.4 Å². The normalized spacial score (nSPS) is 10.6. The zero-order chi connectivity index (χ0) is 28.8. The molecule has 0 aliphatic rings. The summed E-state index contributed by atoms with van der Waals surface area (Å²) < 4.78 is 11.2. The van der Waals surface area contributed by atoms with Crippen molar-refractivity contribution < 1.29 is 19.4 Å². The molecule has 2 aromatic heterocycles. The van der Waals surface area contributed by atoms with Crippen molar-refractivity contribution in [3.8, 4) is 23.3 Å². The van der Waals surface area contributed by atoms with Gasteiger partial charge in [-0.1, -0.05) is 18.8 Å². The lowest BCUT2D eigenvalue weighted by molar-refractivity contribution is 0.0943. The summed E-state index contributed by atoms with van der Waals surface area (Å²) in [5.74, 6) is 7.24. The molecule has 40 heavy (non-hydrogen) atoms. The molecular formula is C29H30N6O5. The number of aryl methyl sites for hydroxylation is 1. The molecule has 1 amide bonds. The standard InChI is InChI=1S/C29H30N6O5/c1-4-17-12-21-23(33-15-22(25(21)37)28(38)32-7-8-36)13-18(17)5-6-19-9-16(11-24(39-2)26(19)40-3)10-20-14-34-29(31)35-27(20)30/h9,11-15,36H,4,7-8,10H2,1-3H3,(H,32,38)(H,33,37)(H4,30,31,34,35). The van der Waals surface area contributed by atoms with E-state index >= 15 is 0 Å². The van der Waals surface area contributed by atoms with E-state index in [-0.39, 0.29) is 24.7 Å². The first-order chi connectivity index (χ1) is 19.3. The monoisotopic (exact) mass is 542 g/mol. The first kappa shape index (κ1) is 27.9. The Labute approximate surface area is 230 Å². The van der Waals surface area contributed by atoms with Crippen molar-refractivity contribution in [3.05, 3.63) is 80.3 Å². The number of hydrogen-bond acceptors (Lipinski definition) is 9. The zero-order valence-corrected chi connectivity index (χ0v) is 22.4. The predicted octanol–water partition coefficient (Wildman–Crippen LogP) is 1.77. The van der Waals surface area contributed by atoms with Gasteiger partial charge in [-0.15, -0.1) is 0 Å². The minimum Gasteiger partial charge on any atom is -0.493 e. The van der Waals surface area contributed by atoms with E-state index in [0.717, 1.165) is 11.1 Å². The number of nitrogens with two attached hydrogens (primary N) is 2. The molecular weight excluding hydrogens is 512 g/mol. The molecule has 206 valence electrons. The summed E-state index contributed by atoms with van der Waals surface area (Å²) in [6, 6.07) is 7.26. The molecule has 0 unspecified atom stereocenters. The third kappa shape index (κ3) is 5.82. The highest BCUT2D eigenvalue weighted by Crippen LogP contribution is 2.33. The molecule has 0 bridgehead atoms. The largest absolute Gasteiger partial charge is 0.493 e. The molecule has 0 saturated carbocycles. The number of ether oxygens (including phenoxy) is 2. The summed E-state index contributed by atoms with van der Waals surface area (Å²) in [7, 11) is 3.09. The number of aliphatic hydroxyl groups excluding tert-OH is 1. The van der Waals surface area contributed by atoms with E-state index in [1.54, 1.807) is 32.5 Å². The minimum atomic E-state index is -0.549. The molecule has 4 rings (SSSR count). The Morgan fingerprint density at radius 1 is 1.10 bits per heavy atom. The molecule has 0 aliphatic heterocycles. The van der Waals surface area contributed by atoms with E-state index in [1.807, 2.05) is 19.1 Å². The number of amides is 1. The summed E-state index contributed by atoms with van der Waals surface area (Å²) in [6.07, 6.45) is 3.99. The fourth-order valence-corrected chi connectivity index (χ4v) is 4.30. The lowest BCUT2D eigenvalue weighted by Gasteiger charge is -2.13. The number of nitrogens with zero attached hydrogens (tertiary/aromatic N) is 2. The number of rotatable bonds is 8. The number of carbonyl (C=O) groups excluding carboxylic acids is 1. The number of pyridine rings is 1. The van der Waals surface area contributed by atoms with Crippen LogP contribution in [0, 0.1) is 11.8 Å². The van der Waals surface area contributed by atoms with E-state index in [0.29, 0.717) is 57.8 Å². The maximum Gasteiger partial charge on any atom is 0.256 e. The number of aromatic nitrogens is 3. The molecule has 4 aromatic rings. The summed E-state index contributed by atoms with van der Waals surface area (Å²) in [5.41, 5.74) is 15.5. The van der Waals surface area contributed by atoms with Crippen molar-refractivity contribution in [1.82, 2.24) is 20.3 Å². The van der Waals surface area contributed by atoms with Crippen LogP contribution in [0.5, 0.6) is 11.5 Å². The van der Waals surface area contributed by atoms with Crippen LogP contribution in [0.15, 0.2) is 41.5 Å². The van der Waals surface area contributed by atoms with Gasteiger partial charge in [0.15, 0.2) is 11.5 Å². The van der Waals surface area contributed by atoms with E-state index in [1.165, 1.54) is 6.20 Å². The van der Waals surface area contributed by atoms with Gasteiger partial charge >= 0.3 is 0 Å². The highest BCUT2D eigenvalue weighted by Gasteiger charge is 2.16. The Balaban J connectivity index is 1.77. The molecule has 0 aliphatic carbocycles. The van der Waals surface area contributed by atoms with Crippen LogP contribution in [0.25, 0.3) is 10.9 Å². The second kappa shape index (κ2) is 12.2. The van der Waals surface area contributed by atoms with Gasteiger partial charge in [0.05, 0.1) is 31.9 Å². The first-order valence-electron chi connectivity index (χ1n) is 12.5. The van der Waals surface area contributed by atoms with Gasteiger partial charge in [0.25, 0.3) is 5.91 Å². The molecule has 0 atom stereocenters. The van der Waals surface area contributed by atoms with Gasteiger partial charge in [0, 0.05) is 41.9 Å². The van der Waals surface area contributed by atoms with Gasteiger partial charge < -0.3 is 36.3 Å². The lowest BCUT2D eigenvalue weighted by atomic mass is 9.99. The molecule has 0 fully saturated rings. The number of aliphatic hydroxyl groups is 1. The molecule has 0 saturated heterocycles. The predicted molar refractivity (Wildman–Crippen MR) is 153 cm³/mol. The lowest BCUT2D eigenvalue weighted by Crippen LogP contribution is -2.30. The SMILES string of the molecule is CCc1cc2c(=O)c(C(=O)NCCO)c[nH]c2cc1C#Cc1cc(Cc2cnc(N)nc2N)cc(OC)c1OC. The number of hydrogen-bond donors (Lipinski definition) is 5. The number of methoxy groups -OCH3 is 2. The average Bonchev–Trinajstić information content (AvgIpc) is 2.95. The third-order valence-electron chi connectivity index (χ3n) is 6.31. The first-order valence-corrected chi connectivity index (χ1v) is 12.5. The number of fused-ring (bicyclic) bond motifs is 1. The topological polar surface area (TPSA) is 178 Å². The Hall–Kier alpha value is -5.08. The number of nitrogens with one attached hydrogen (secondary N) is 2. The van der Waals surface area contributed by atoms with Crippen LogP contribution < -0.4 is 31.7 Å². The zero-order valence-electron chi connectivity index (χ0n) is 22.4. The number of nitrogen functional groups attached to an aromatic ring is 2. The Kier molecular flexibility index (Phi) is 8.51. The second-order valence-corrected chi connectivity index (χ2v) is 8.86. The summed E-state index contributed by atoms with van der Waals surface area (Å²) in [5, 5.41) is 11.8. The molecule has 11 heteroatoms. The maximum atomic E-state index is 13.0. The van der Waals surface area contributed by atoms with Gasteiger partial charge in [-0.3, -0.25) is 9.59 Å². The Bertz CT molecular complexity index is 1700. The highest BCUT2D eigenvalue weighted by atomic mass is 16.5. The Morgan fingerprint density at radius 2 is 1.88 bits per heavy atom. The van der Waals surface area contributed by atoms with Crippen molar-refractivity contribution in [2.75, 3.05) is 38.8 Å². The molecule has 11 nitrogen and oxygen atoms in total. The molecule has 2 aromatic carbocycles. The van der Waals surface area contributed by atoms with Gasteiger partial charge in [-0.2, -0.15) is 4.98 Å².